The molecule has 6 heteroatoms. The second kappa shape index (κ2) is 5.91. The van der Waals surface area contributed by atoms with E-state index >= 15 is 0 Å². The predicted molar refractivity (Wildman–Crippen MR) is 77.0 cm³/mol. The lowest BCUT2D eigenvalue weighted by molar-refractivity contribution is 0.181. The Hall–Kier alpha value is -0.780. The van der Waals surface area contributed by atoms with Gasteiger partial charge >= 0.3 is 0 Å². The zero-order valence-corrected chi connectivity index (χ0v) is 12.5. The Bertz CT molecular complexity index is 510. The van der Waals surface area contributed by atoms with Crippen molar-refractivity contribution >= 4 is 33.7 Å². The number of rotatable bonds is 6. The van der Waals surface area contributed by atoms with E-state index in [1.807, 2.05) is 11.6 Å². The van der Waals surface area contributed by atoms with Gasteiger partial charge < -0.3 is 9.64 Å². The summed E-state index contributed by atoms with van der Waals surface area (Å²) in [5.41, 5.74) is 1.05. The SMILES string of the molecule is CCN(c1nc2sccn2c1CCl)C(C)COC. The van der Waals surface area contributed by atoms with Crippen LogP contribution in [0, 0.1) is 0 Å². The van der Waals surface area contributed by atoms with Crippen molar-refractivity contribution in [2.45, 2.75) is 25.8 Å². The van der Waals surface area contributed by atoms with Gasteiger partial charge in [-0.1, -0.05) is 0 Å². The summed E-state index contributed by atoms with van der Waals surface area (Å²) in [5, 5.41) is 2.02. The Kier molecular flexibility index (Phi) is 4.48. The van der Waals surface area contributed by atoms with E-state index in [1.54, 1.807) is 18.4 Å². The highest BCUT2D eigenvalue weighted by molar-refractivity contribution is 7.15. The number of halogens is 1. The zero-order chi connectivity index (χ0) is 13.1. The summed E-state index contributed by atoms with van der Waals surface area (Å²) in [6, 6.07) is 0.284. The number of hydrogen-bond acceptors (Lipinski definition) is 4. The van der Waals surface area contributed by atoms with Crippen LogP contribution < -0.4 is 4.90 Å². The molecule has 1 atom stereocenters. The third-order valence-corrected chi connectivity index (χ3v) is 4.03. The number of aromatic nitrogens is 2. The molecule has 2 heterocycles. The molecule has 0 saturated carbocycles. The van der Waals surface area contributed by atoms with Crippen LogP contribution in [0.1, 0.15) is 19.5 Å². The highest BCUT2D eigenvalue weighted by atomic mass is 35.5. The average molecular weight is 288 g/mol. The molecule has 0 amide bonds. The first-order valence-electron chi connectivity index (χ1n) is 5.98. The van der Waals surface area contributed by atoms with Crippen molar-refractivity contribution in [1.29, 1.82) is 0 Å². The second-order valence-corrected chi connectivity index (χ2v) is 5.30. The summed E-state index contributed by atoms with van der Waals surface area (Å²) in [4.78, 5) is 7.91. The van der Waals surface area contributed by atoms with Crippen molar-refractivity contribution in [3.05, 3.63) is 17.3 Å². The van der Waals surface area contributed by atoms with Gasteiger partial charge in [0.1, 0.15) is 0 Å². The minimum absolute atomic E-state index is 0.284. The molecule has 2 aromatic heterocycles. The molecule has 18 heavy (non-hydrogen) atoms. The van der Waals surface area contributed by atoms with Gasteiger partial charge in [-0.3, -0.25) is 4.40 Å². The fraction of sp³-hybridized carbons (Fsp3) is 0.583. The van der Waals surface area contributed by atoms with Gasteiger partial charge in [-0.15, -0.1) is 22.9 Å². The second-order valence-electron chi connectivity index (χ2n) is 4.16. The summed E-state index contributed by atoms with van der Waals surface area (Å²) in [6.45, 7) is 5.83. The van der Waals surface area contributed by atoms with Crippen LogP contribution in [0.2, 0.25) is 0 Å². The Balaban J connectivity index is 2.40. The van der Waals surface area contributed by atoms with E-state index in [2.05, 4.69) is 28.1 Å². The number of hydrogen-bond donors (Lipinski definition) is 0. The Morgan fingerprint density at radius 1 is 1.61 bits per heavy atom. The van der Waals surface area contributed by atoms with Gasteiger partial charge in [0, 0.05) is 25.2 Å². The third-order valence-electron chi connectivity index (χ3n) is 3.02. The van der Waals surface area contributed by atoms with E-state index in [1.165, 1.54) is 0 Å². The van der Waals surface area contributed by atoms with E-state index in [0.717, 1.165) is 23.0 Å². The molecule has 0 radical (unpaired) electrons. The van der Waals surface area contributed by atoms with Gasteiger partial charge in [0.15, 0.2) is 10.8 Å². The van der Waals surface area contributed by atoms with Crippen molar-refractivity contribution in [2.75, 3.05) is 25.2 Å². The van der Waals surface area contributed by atoms with Crippen molar-refractivity contribution in [3.63, 3.8) is 0 Å². The number of ether oxygens (including phenoxy) is 1. The number of nitrogens with zero attached hydrogens (tertiary/aromatic N) is 3. The van der Waals surface area contributed by atoms with E-state index in [9.17, 15) is 0 Å². The molecule has 0 spiro atoms. The molecule has 0 bridgehead atoms. The first kappa shape index (κ1) is 13.6. The Morgan fingerprint density at radius 3 is 3.00 bits per heavy atom. The molecular weight excluding hydrogens is 270 g/mol. The maximum Gasteiger partial charge on any atom is 0.195 e. The minimum atomic E-state index is 0.284. The number of anilines is 1. The molecule has 0 saturated heterocycles. The molecule has 1 unspecified atom stereocenters. The van der Waals surface area contributed by atoms with Crippen molar-refractivity contribution in [2.24, 2.45) is 0 Å². The molecule has 0 fully saturated rings. The maximum atomic E-state index is 6.08. The molecule has 2 aromatic rings. The largest absolute Gasteiger partial charge is 0.383 e. The van der Waals surface area contributed by atoms with E-state index < -0.39 is 0 Å². The fourth-order valence-electron chi connectivity index (χ4n) is 2.18. The van der Waals surface area contributed by atoms with Gasteiger partial charge in [0.2, 0.25) is 0 Å². The van der Waals surface area contributed by atoms with Crippen LogP contribution in [0.25, 0.3) is 4.96 Å². The van der Waals surface area contributed by atoms with E-state index in [0.29, 0.717) is 12.5 Å². The molecule has 0 N–H and O–H groups in total. The monoisotopic (exact) mass is 287 g/mol. The number of imidazole rings is 1. The Morgan fingerprint density at radius 2 is 2.39 bits per heavy atom. The predicted octanol–water partition coefficient (Wildman–Crippen LogP) is 3.00. The summed E-state index contributed by atoms with van der Waals surface area (Å²) in [6.07, 6.45) is 2.02. The molecule has 0 aliphatic heterocycles. The van der Waals surface area contributed by atoms with Gasteiger partial charge in [-0.2, -0.15) is 0 Å². The number of fused-ring (bicyclic) bond motifs is 1. The van der Waals surface area contributed by atoms with Crippen LogP contribution in [0.15, 0.2) is 11.6 Å². The molecule has 0 aliphatic carbocycles. The highest BCUT2D eigenvalue weighted by Gasteiger charge is 2.21. The zero-order valence-electron chi connectivity index (χ0n) is 10.9. The van der Waals surface area contributed by atoms with Crippen molar-refractivity contribution in [3.8, 4) is 0 Å². The summed E-state index contributed by atoms with van der Waals surface area (Å²) >= 11 is 7.70. The number of thiazole rings is 1. The van der Waals surface area contributed by atoms with Crippen LogP contribution >= 0.6 is 22.9 Å². The van der Waals surface area contributed by atoms with E-state index in [4.69, 9.17) is 16.3 Å². The van der Waals surface area contributed by atoms with Crippen molar-refractivity contribution in [1.82, 2.24) is 9.38 Å². The quantitative estimate of drug-likeness (QED) is 0.765. The summed E-state index contributed by atoms with van der Waals surface area (Å²) < 4.78 is 7.30. The van der Waals surface area contributed by atoms with Gasteiger partial charge in [0.05, 0.1) is 24.2 Å². The molecule has 0 aliphatic rings. The fourth-order valence-corrected chi connectivity index (χ4v) is 3.15. The van der Waals surface area contributed by atoms with Crippen LogP contribution in [0.3, 0.4) is 0 Å². The average Bonchev–Trinajstić information content (AvgIpc) is 2.90. The smallest absolute Gasteiger partial charge is 0.195 e. The lowest BCUT2D eigenvalue weighted by atomic mass is 10.3. The number of likely N-dealkylation sites (N-methyl/N-ethyl adjacent to an activating group) is 1. The first-order valence-corrected chi connectivity index (χ1v) is 7.40. The molecule has 0 aromatic carbocycles. The minimum Gasteiger partial charge on any atom is -0.383 e. The standard InChI is InChI=1S/C12H18ClN3OS/c1-4-15(9(2)8-17-3)11-10(7-13)16-5-6-18-12(16)14-11/h5-6,9H,4,7-8H2,1-3H3. The molecule has 2 rings (SSSR count). The lowest BCUT2D eigenvalue weighted by Crippen LogP contribution is -2.37. The van der Waals surface area contributed by atoms with E-state index in [-0.39, 0.29) is 6.04 Å². The van der Waals surface area contributed by atoms with Gasteiger partial charge in [-0.25, -0.2) is 4.98 Å². The first-order chi connectivity index (χ1) is 8.72. The van der Waals surface area contributed by atoms with Crippen LogP contribution in [-0.4, -0.2) is 35.7 Å². The van der Waals surface area contributed by atoms with Crippen LogP contribution in [0.5, 0.6) is 0 Å². The van der Waals surface area contributed by atoms with Gasteiger partial charge in [-0.05, 0) is 13.8 Å². The lowest BCUT2D eigenvalue weighted by Gasteiger charge is -2.28. The third kappa shape index (κ3) is 2.35. The van der Waals surface area contributed by atoms with Gasteiger partial charge in [0.25, 0.3) is 0 Å². The normalized spacial score (nSPS) is 13.1. The van der Waals surface area contributed by atoms with Crippen LogP contribution in [-0.2, 0) is 10.6 Å². The Labute approximate surface area is 116 Å². The number of alkyl halides is 1. The molecule has 4 nitrogen and oxygen atoms in total. The van der Waals surface area contributed by atoms with Crippen LogP contribution in [0.4, 0.5) is 5.82 Å². The summed E-state index contributed by atoms with van der Waals surface area (Å²) in [7, 11) is 1.72. The highest BCUT2D eigenvalue weighted by Crippen LogP contribution is 2.27. The topological polar surface area (TPSA) is 29.8 Å². The number of methoxy groups -OCH3 is 1. The molecular formula is C12H18ClN3OS. The summed E-state index contributed by atoms with van der Waals surface area (Å²) in [5.74, 6) is 1.44. The molecule has 100 valence electrons. The van der Waals surface area contributed by atoms with Crippen molar-refractivity contribution < 1.29 is 4.74 Å². The maximum absolute atomic E-state index is 6.08.